The smallest absolute Gasteiger partial charge is 0.327 e. The molecule has 0 amide bonds. The molecule has 0 aliphatic rings. The van der Waals surface area contributed by atoms with Gasteiger partial charge in [-0.25, -0.2) is 4.79 Å². The van der Waals surface area contributed by atoms with E-state index in [1.807, 2.05) is 24.3 Å². The van der Waals surface area contributed by atoms with Crippen LogP contribution in [0.25, 0.3) is 6.08 Å². The van der Waals surface area contributed by atoms with Crippen LogP contribution in [-0.2, 0) is 9.53 Å². The van der Waals surface area contributed by atoms with E-state index in [1.165, 1.54) is 7.11 Å². The number of methoxy groups -OCH3 is 1. The van der Waals surface area contributed by atoms with Crippen molar-refractivity contribution in [2.45, 2.75) is 13.0 Å². The van der Waals surface area contributed by atoms with Crippen LogP contribution in [0, 0.1) is 0 Å². The molecule has 0 saturated heterocycles. The number of hydrogen-bond acceptors (Lipinski definition) is 3. The van der Waals surface area contributed by atoms with E-state index in [4.69, 9.17) is 0 Å². The molecule has 1 aromatic rings. The van der Waals surface area contributed by atoms with Gasteiger partial charge < -0.3 is 10.1 Å². The van der Waals surface area contributed by atoms with E-state index >= 15 is 0 Å². The van der Waals surface area contributed by atoms with Crippen LogP contribution in [0.1, 0.15) is 12.5 Å². The Balaban J connectivity index is 2.80. The minimum absolute atomic E-state index is 0.283. The summed E-state index contributed by atoms with van der Waals surface area (Å²) in [7, 11) is 1.37. The first-order valence-corrected chi connectivity index (χ1v) is 4.75. The lowest BCUT2D eigenvalue weighted by Gasteiger charge is -2.14. The largest absolute Gasteiger partial charge is 0.467 e. The van der Waals surface area contributed by atoms with Crippen molar-refractivity contribution in [1.29, 1.82) is 0 Å². The maximum atomic E-state index is 11.2. The third-order valence-electron chi connectivity index (χ3n) is 2.11. The molecule has 0 spiro atoms. The number of hydrogen-bond donors (Lipinski definition) is 1. The molecule has 0 aliphatic carbocycles. The second kappa shape index (κ2) is 5.20. The minimum Gasteiger partial charge on any atom is -0.467 e. The predicted molar refractivity (Wildman–Crippen MR) is 61.6 cm³/mol. The first kappa shape index (κ1) is 11.3. The zero-order valence-corrected chi connectivity index (χ0v) is 8.99. The molecule has 0 fully saturated rings. The second-order valence-corrected chi connectivity index (χ2v) is 3.18. The maximum absolute atomic E-state index is 11.2. The number of anilines is 1. The second-order valence-electron chi connectivity index (χ2n) is 3.18. The van der Waals surface area contributed by atoms with Gasteiger partial charge in [-0.05, 0) is 18.6 Å². The highest BCUT2D eigenvalue weighted by Crippen LogP contribution is 2.17. The van der Waals surface area contributed by atoms with Crippen LogP contribution in [0.5, 0.6) is 0 Å². The Labute approximate surface area is 89.8 Å². The number of nitrogens with one attached hydrogen (secondary N) is 1. The molecule has 0 radical (unpaired) electrons. The summed E-state index contributed by atoms with van der Waals surface area (Å²) in [4.78, 5) is 11.2. The van der Waals surface area contributed by atoms with Crippen molar-refractivity contribution >= 4 is 17.7 Å². The summed E-state index contributed by atoms with van der Waals surface area (Å²) in [6.07, 6.45) is 1.74. The fourth-order valence-corrected chi connectivity index (χ4v) is 1.28. The lowest BCUT2D eigenvalue weighted by molar-refractivity contribution is -0.141. The van der Waals surface area contributed by atoms with Crippen molar-refractivity contribution in [3.63, 3.8) is 0 Å². The molecule has 1 rings (SSSR count). The van der Waals surface area contributed by atoms with Gasteiger partial charge in [0.2, 0.25) is 0 Å². The highest BCUT2D eigenvalue weighted by Gasteiger charge is 2.12. The summed E-state index contributed by atoms with van der Waals surface area (Å²) in [5, 5.41) is 3.07. The number of esters is 1. The molecule has 0 saturated carbocycles. The van der Waals surface area contributed by atoms with Crippen LogP contribution < -0.4 is 5.32 Å². The van der Waals surface area contributed by atoms with Crippen molar-refractivity contribution in [3.8, 4) is 0 Å². The molecular formula is C12H15NO2. The standard InChI is InChI=1S/C12H15NO2/c1-4-10-7-5-6-8-11(10)13-9(2)12(14)15-3/h4-9,13H,1H2,2-3H3. The lowest BCUT2D eigenvalue weighted by Crippen LogP contribution is -2.27. The molecule has 3 heteroatoms. The molecule has 80 valence electrons. The van der Waals surface area contributed by atoms with Crippen LogP contribution in [-0.4, -0.2) is 19.1 Å². The van der Waals surface area contributed by atoms with Crippen LogP contribution in [0.3, 0.4) is 0 Å². The van der Waals surface area contributed by atoms with Gasteiger partial charge in [0.25, 0.3) is 0 Å². The Morgan fingerprint density at radius 1 is 1.53 bits per heavy atom. The van der Waals surface area contributed by atoms with Crippen molar-refractivity contribution in [3.05, 3.63) is 36.4 Å². The molecular weight excluding hydrogens is 190 g/mol. The molecule has 0 aromatic heterocycles. The fourth-order valence-electron chi connectivity index (χ4n) is 1.28. The summed E-state index contributed by atoms with van der Waals surface area (Å²) < 4.78 is 4.63. The van der Waals surface area contributed by atoms with E-state index in [-0.39, 0.29) is 12.0 Å². The van der Waals surface area contributed by atoms with Gasteiger partial charge in [-0.1, -0.05) is 30.9 Å². The maximum Gasteiger partial charge on any atom is 0.327 e. The molecule has 1 N–H and O–H groups in total. The van der Waals surface area contributed by atoms with E-state index in [9.17, 15) is 4.79 Å². The van der Waals surface area contributed by atoms with Gasteiger partial charge in [-0.2, -0.15) is 0 Å². The molecule has 3 nitrogen and oxygen atoms in total. The summed E-state index contributed by atoms with van der Waals surface area (Å²) in [6, 6.07) is 7.29. The Hall–Kier alpha value is -1.77. The van der Waals surface area contributed by atoms with Gasteiger partial charge in [-0.15, -0.1) is 0 Å². The Morgan fingerprint density at radius 2 is 2.20 bits per heavy atom. The number of rotatable bonds is 4. The molecule has 1 unspecified atom stereocenters. The number of para-hydroxylation sites is 1. The Morgan fingerprint density at radius 3 is 2.80 bits per heavy atom. The topological polar surface area (TPSA) is 38.3 Å². The van der Waals surface area contributed by atoms with E-state index in [0.717, 1.165) is 11.3 Å². The average Bonchev–Trinajstić information content (AvgIpc) is 2.28. The van der Waals surface area contributed by atoms with Gasteiger partial charge >= 0.3 is 5.97 Å². The molecule has 15 heavy (non-hydrogen) atoms. The zero-order chi connectivity index (χ0) is 11.3. The van der Waals surface area contributed by atoms with Crippen molar-refractivity contribution in [2.24, 2.45) is 0 Å². The van der Waals surface area contributed by atoms with Gasteiger partial charge in [0.05, 0.1) is 7.11 Å². The van der Waals surface area contributed by atoms with Crippen LogP contribution >= 0.6 is 0 Å². The quantitative estimate of drug-likeness (QED) is 0.766. The van der Waals surface area contributed by atoms with Gasteiger partial charge in [0, 0.05) is 5.69 Å². The summed E-state index contributed by atoms with van der Waals surface area (Å²) >= 11 is 0. The van der Waals surface area contributed by atoms with Crippen molar-refractivity contribution in [2.75, 3.05) is 12.4 Å². The van der Waals surface area contributed by atoms with Crippen LogP contribution in [0.4, 0.5) is 5.69 Å². The van der Waals surface area contributed by atoms with Gasteiger partial charge in [-0.3, -0.25) is 0 Å². The fraction of sp³-hybridized carbons (Fsp3) is 0.250. The van der Waals surface area contributed by atoms with Crippen molar-refractivity contribution in [1.82, 2.24) is 0 Å². The Bertz CT molecular complexity index is 360. The summed E-state index contributed by atoms with van der Waals surface area (Å²) in [5.41, 5.74) is 1.85. The van der Waals surface area contributed by atoms with E-state index in [2.05, 4.69) is 16.6 Å². The number of benzene rings is 1. The highest BCUT2D eigenvalue weighted by atomic mass is 16.5. The predicted octanol–water partition coefficient (Wildman–Crippen LogP) is 2.30. The van der Waals surface area contributed by atoms with Crippen LogP contribution in [0.15, 0.2) is 30.8 Å². The molecule has 0 bridgehead atoms. The number of ether oxygens (including phenoxy) is 1. The number of carbonyl (C=O) groups is 1. The summed E-state index contributed by atoms with van der Waals surface area (Å²) in [5.74, 6) is -0.283. The average molecular weight is 205 g/mol. The minimum atomic E-state index is -0.365. The number of carbonyl (C=O) groups excluding carboxylic acids is 1. The van der Waals surface area contributed by atoms with Gasteiger partial charge in [0.15, 0.2) is 0 Å². The zero-order valence-electron chi connectivity index (χ0n) is 8.99. The van der Waals surface area contributed by atoms with E-state index in [1.54, 1.807) is 13.0 Å². The molecule has 0 aliphatic heterocycles. The van der Waals surface area contributed by atoms with Gasteiger partial charge in [0.1, 0.15) is 6.04 Å². The third kappa shape index (κ3) is 2.84. The first-order valence-electron chi connectivity index (χ1n) is 4.75. The van der Waals surface area contributed by atoms with Crippen LogP contribution in [0.2, 0.25) is 0 Å². The highest BCUT2D eigenvalue weighted by molar-refractivity contribution is 5.80. The SMILES string of the molecule is C=Cc1ccccc1NC(C)C(=O)OC. The molecule has 0 heterocycles. The monoisotopic (exact) mass is 205 g/mol. The molecule has 1 atom stereocenters. The van der Waals surface area contributed by atoms with E-state index < -0.39 is 0 Å². The first-order chi connectivity index (χ1) is 7.19. The third-order valence-corrected chi connectivity index (χ3v) is 2.11. The molecule has 1 aromatic carbocycles. The van der Waals surface area contributed by atoms with E-state index in [0.29, 0.717) is 0 Å². The normalized spacial score (nSPS) is 11.6. The lowest BCUT2D eigenvalue weighted by atomic mass is 10.1. The van der Waals surface area contributed by atoms with Crippen molar-refractivity contribution < 1.29 is 9.53 Å². The summed E-state index contributed by atoms with van der Waals surface area (Å²) in [6.45, 7) is 5.46. The Kier molecular flexibility index (Phi) is 3.92.